The van der Waals surface area contributed by atoms with Crippen LogP contribution in [0.15, 0.2) is 12.2 Å². The van der Waals surface area contributed by atoms with Crippen molar-refractivity contribution in [1.29, 1.82) is 0 Å². The van der Waals surface area contributed by atoms with Crippen molar-refractivity contribution in [3.05, 3.63) is 12.2 Å². The van der Waals surface area contributed by atoms with Crippen molar-refractivity contribution in [2.24, 2.45) is 0 Å². The van der Waals surface area contributed by atoms with Gasteiger partial charge in [0.15, 0.2) is 0 Å². The van der Waals surface area contributed by atoms with Crippen LogP contribution in [0.1, 0.15) is 96.8 Å². The van der Waals surface area contributed by atoms with Gasteiger partial charge in [-0.2, -0.15) is 6.41 Å². The van der Waals surface area contributed by atoms with Crippen LogP contribution < -0.4 is 5.32 Å². The third kappa shape index (κ3) is 24.2. The van der Waals surface area contributed by atoms with Crippen LogP contribution in [0.25, 0.3) is 0 Å². The minimum atomic E-state index is -0.999. The normalized spacial score (nSPS) is 12.5. The van der Waals surface area contributed by atoms with E-state index in [2.05, 4.69) is 12.2 Å². The number of carbonyl (C=O) groups is 2. The Morgan fingerprint density at radius 1 is 0.886 bits per heavy atom. The summed E-state index contributed by atoms with van der Waals surface area (Å²) >= 11 is 0. The molecule has 0 aromatic rings. The van der Waals surface area contributed by atoms with Crippen molar-refractivity contribution < 1.29 is 54.1 Å². The Labute approximate surface area is 225 Å². The maximum absolute atomic E-state index is 11.8. The molecule has 0 aromatic carbocycles. The number of esters is 2. The van der Waals surface area contributed by atoms with Gasteiger partial charge in [0.05, 0.1) is 31.6 Å². The fourth-order valence-corrected chi connectivity index (χ4v) is 3.37. The van der Waals surface area contributed by atoms with Gasteiger partial charge in [0.25, 0.3) is 0 Å². The van der Waals surface area contributed by atoms with E-state index in [1.165, 1.54) is 71.3 Å². The van der Waals surface area contributed by atoms with Crippen molar-refractivity contribution >= 4 is 18.3 Å². The Morgan fingerprint density at radius 3 is 1.97 bits per heavy atom. The minimum Gasteiger partial charge on any atom is -0.522 e. The van der Waals surface area contributed by atoms with Crippen LogP contribution in [0, 0.1) is 0 Å². The molecule has 0 rings (SSSR count). The van der Waals surface area contributed by atoms with E-state index < -0.39 is 24.1 Å². The van der Waals surface area contributed by atoms with E-state index in [0.717, 1.165) is 19.3 Å². The van der Waals surface area contributed by atoms with Crippen LogP contribution in [0.5, 0.6) is 0 Å². The van der Waals surface area contributed by atoms with Gasteiger partial charge in [-0.05, 0) is 12.8 Å². The largest absolute Gasteiger partial charge is 0.522 e. The van der Waals surface area contributed by atoms with Gasteiger partial charge in [0.1, 0.15) is 13.2 Å². The number of rotatable bonds is 24. The number of allylic oxidation sites excluding steroid dienone is 1. The standard InChI is InChI=1S/C26H46NO7.Re/c1-3-4-5-6-7-8-9-10-11-12-13-14-15-16-24(29)23(27-22-28)21-34-26(31)18-17-25(30)33-20-19-32-2;/h15-16,23-24,29H,3-14,17-21H2,1-2H3,(H,27,28);/q-1;/b16-15+;/t23-,24+;/m0./s1. The molecule has 0 saturated carbocycles. The molecule has 0 bridgehead atoms. The van der Waals surface area contributed by atoms with Gasteiger partial charge < -0.3 is 29.4 Å². The van der Waals surface area contributed by atoms with Crippen LogP contribution in [-0.2, 0) is 49.0 Å². The monoisotopic (exact) mass is 671 g/mol. The van der Waals surface area contributed by atoms with E-state index in [1.807, 2.05) is 6.08 Å². The maximum atomic E-state index is 11.8. The third-order valence-electron chi connectivity index (χ3n) is 5.47. The van der Waals surface area contributed by atoms with E-state index in [1.54, 1.807) is 6.08 Å². The number of hydrogen-bond acceptors (Lipinski definition) is 7. The average Bonchev–Trinajstić information content (AvgIpc) is 2.83. The van der Waals surface area contributed by atoms with Gasteiger partial charge in [-0.3, -0.25) is 9.59 Å². The topological polar surface area (TPSA) is 111 Å². The van der Waals surface area contributed by atoms with E-state index in [-0.39, 0.29) is 53.1 Å². The molecule has 9 heteroatoms. The van der Waals surface area contributed by atoms with E-state index >= 15 is 0 Å². The molecule has 0 unspecified atom stereocenters. The average molecular weight is 671 g/mol. The first-order valence-corrected chi connectivity index (χ1v) is 12.8. The molecule has 0 aliphatic heterocycles. The first-order valence-electron chi connectivity index (χ1n) is 12.8. The summed E-state index contributed by atoms with van der Waals surface area (Å²) in [6.07, 6.45) is 18.7. The molecular formula is C26H46NO7Re-. The quantitative estimate of drug-likeness (QED) is 0.0523. The molecule has 0 saturated heterocycles. The smallest absolute Gasteiger partial charge is 0.306 e. The molecule has 0 spiro atoms. The zero-order chi connectivity index (χ0) is 25.3. The van der Waals surface area contributed by atoms with Gasteiger partial charge in [-0.15, -0.1) is 0 Å². The Kier molecular flexibility index (Phi) is 28.0. The van der Waals surface area contributed by atoms with Gasteiger partial charge in [0.2, 0.25) is 0 Å². The summed E-state index contributed by atoms with van der Waals surface area (Å²) in [4.78, 5) is 34.0. The number of aliphatic hydroxyl groups excluding tert-OH is 1. The number of nitrogens with one attached hydrogen (secondary N) is 1. The number of ether oxygens (including phenoxy) is 3. The Hall–Kier alpha value is -1.27. The molecule has 0 aliphatic carbocycles. The second-order valence-corrected chi connectivity index (χ2v) is 8.49. The maximum Gasteiger partial charge on any atom is 0.306 e. The first kappa shape index (κ1) is 35.9. The second kappa shape index (κ2) is 27.3. The number of unbranched alkanes of at least 4 members (excludes halogenated alkanes) is 11. The summed E-state index contributed by atoms with van der Waals surface area (Å²) in [5.74, 6) is -1.13. The summed E-state index contributed by atoms with van der Waals surface area (Å²) in [7, 11) is 1.49. The first-order chi connectivity index (χ1) is 16.5. The van der Waals surface area contributed by atoms with Crippen molar-refractivity contribution in [2.45, 2.75) is 109 Å². The van der Waals surface area contributed by atoms with E-state index in [4.69, 9.17) is 14.2 Å². The molecule has 0 aliphatic rings. The third-order valence-corrected chi connectivity index (χ3v) is 5.47. The van der Waals surface area contributed by atoms with Crippen LogP contribution >= 0.6 is 0 Å². The number of hydrogen-bond donors (Lipinski definition) is 2. The van der Waals surface area contributed by atoms with E-state index in [0.29, 0.717) is 0 Å². The van der Waals surface area contributed by atoms with Crippen LogP contribution in [0.4, 0.5) is 0 Å². The molecule has 2 atom stereocenters. The van der Waals surface area contributed by atoms with Crippen molar-refractivity contribution in [1.82, 2.24) is 5.32 Å². The summed E-state index contributed by atoms with van der Waals surface area (Å²) < 4.78 is 14.7. The molecule has 1 amide bonds. The summed E-state index contributed by atoms with van der Waals surface area (Å²) in [6, 6.07) is -0.802. The Bertz CT molecular complexity index is 546. The van der Waals surface area contributed by atoms with Gasteiger partial charge in [-0.1, -0.05) is 83.3 Å². The molecular weight excluding hydrogens is 624 g/mol. The number of carbonyl (C=O) groups excluding carboxylic acids is 3. The predicted octanol–water partition coefficient (Wildman–Crippen LogP) is 4.14. The number of methoxy groups -OCH3 is 1. The fraction of sp³-hybridized carbons (Fsp3) is 0.808. The summed E-state index contributed by atoms with van der Waals surface area (Å²) in [6.45, 7) is 2.44. The Morgan fingerprint density at radius 2 is 1.43 bits per heavy atom. The van der Waals surface area contributed by atoms with Crippen molar-refractivity contribution in [2.75, 3.05) is 26.9 Å². The van der Waals surface area contributed by atoms with Crippen LogP contribution in [-0.4, -0.2) is 62.5 Å². The van der Waals surface area contributed by atoms with Crippen molar-refractivity contribution in [3.63, 3.8) is 0 Å². The van der Waals surface area contributed by atoms with Crippen molar-refractivity contribution in [3.8, 4) is 0 Å². The SMILES string of the molecule is CCCCCCCCCCCCC/C=C/[C@@H](O)[C@H](COC(=O)CCC(=O)OCCOC)N[C-]=O.[Re]. The van der Waals surface area contributed by atoms with Crippen LogP contribution in [0.3, 0.4) is 0 Å². The zero-order valence-corrected chi connectivity index (χ0v) is 24.3. The predicted molar refractivity (Wildman–Crippen MR) is 132 cm³/mol. The van der Waals surface area contributed by atoms with Gasteiger partial charge in [-0.25, -0.2) is 0 Å². The second-order valence-electron chi connectivity index (χ2n) is 8.49. The number of aliphatic hydroxyl groups is 1. The molecule has 8 nitrogen and oxygen atoms in total. The van der Waals surface area contributed by atoms with Gasteiger partial charge >= 0.3 is 11.9 Å². The van der Waals surface area contributed by atoms with Gasteiger partial charge in [0, 0.05) is 27.5 Å². The van der Waals surface area contributed by atoms with Crippen LogP contribution in [0.2, 0.25) is 0 Å². The zero-order valence-electron chi connectivity index (χ0n) is 21.6. The summed E-state index contributed by atoms with van der Waals surface area (Å²) in [5, 5.41) is 12.6. The molecule has 0 heterocycles. The minimum absolute atomic E-state index is 0. The molecule has 2 N–H and O–H groups in total. The summed E-state index contributed by atoms with van der Waals surface area (Å²) in [5.41, 5.74) is 0. The fourth-order valence-electron chi connectivity index (χ4n) is 3.37. The van der Waals surface area contributed by atoms with E-state index in [9.17, 15) is 19.5 Å². The number of amides is 1. The molecule has 1 radical (unpaired) electrons. The molecule has 0 fully saturated rings. The Balaban J connectivity index is 0. The molecule has 0 aromatic heterocycles. The molecule has 205 valence electrons. The molecule has 35 heavy (non-hydrogen) atoms.